The lowest BCUT2D eigenvalue weighted by atomic mass is 9.83. The molecule has 102 valence electrons. The molecule has 1 fully saturated rings. The number of rotatable bonds is 5. The highest BCUT2D eigenvalue weighted by Gasteiger charge is 2.20. The normalized spacial score (nSPS) is 24.4. The number of aromatic nitrogens is 2. The Labute approximate surface area is 111 Å². The molecule has 0 amide bonds. The minimum Gasteiger partial charge on any atom is -0.308 e. The zero-order chi connectivity index (χ0) is 13.0. The third kappa shape index (κ3) is 3.58. The van der Waals surface area contributed by atoms with Crippen LogP contribution in [0.25, 0.3) is 0 Å². The maximum Gasteiger partial charge on any atom is 0.0765 e. The van der Waals surface area contributed by atoms with E-state index in [-0.39, 0.29) is 0 Å². The summed E-state index contributed by atoms with van der Waals surface area (Å²) in [6, 6.07) is 2.89. The van der Waals surface area contributed by atoms with Crippen molar-refractivity contribution in [3.05, 3.63) is 17.5 Å². The van der Waals surface area contributed by atoms with Crippen LogP contribution in [0.2, 0.25) is 0 Å². The number of nitrogens with one attached hydrogen (secondary N) is 1. The summed E-state index contributed by atoms with van der Waals surface area (Å²) in [5, 5.41) is 8.16. The van der Waals surface area contributed by atoms with Gasteiger partial charge in [-0.15, -0.1) is 0 Å². The van der Waals surface area contributed by atoms with E-state index in [0.29, 0.717) is 6.04 Å². The van der Waals surface area contributed by atoms with E-state index >= 15 is 0 Å². The number of hydrogen-bond acceptors (Lipinski definition) is 2. The second kappa shape index (κ2) is 6.37. The maximum atomic E-state index is 4.49. The molecule has 0 bridgehead atoms. The van der Waals surface area contributed by atoms with Gasteiger partial charge in [0, 0.05) is 25.3 Å². The molecule has 2 rings (SSSR count). The van der Waals surface area contributed by atoms with Gasteiger partial charge in [0.2, 0.25) is 0 Å². The Kier molecular flexibility index (Phi) is 4.81. The smallest absolute Gasteiger partial charge is 0.0765 e. The van der Waals surface area contributed by atoms with Gasteiger partial charge in [0.05, 0.1) is 5.69 Å². The van der Waals surface area contributed by atoms with E-state index in [1.807, 2.05) is 11.7 Å². The predicted molar refractivity (Wildman–Crippen MR) is 75.4 cm³/mol. The van der Waals surface area contributed by atoms with Gasteiger partial charge in [-0.05, 0) is 44.6 Å². The fourth-order valence-corrected chi connectivity index (χ4v) is 3.03. The molecule has 1 N–H and O–H groups in total. The molecule has 3 heteroatoms. The standard InChI is InChI=1S/C15H27N3/c1-4-5-13-6-8-14(9-7-13)16-11-15-10-12(2)18(3)17-15/h10,13-14,16H,4-9,11H2,1-3H3. The third-order valence-corrected chi connectivity index (χ3v) is 4.28. The molecular weight excluding hydrogens is 222 g/mol. The summed E-state index contributed by atoms with van der Waals surface area (Å²) in [5.41, 5.74) is 2.41. The zero-order valence-corrected chi connectivity index (χ0v) is 12.1. The minimum absolute atomic E-state index is 0.709. The number of aryl methyl sites for hydroxylation is 2. The fraction of sp³-hybridized carbons (Fsp3) is 0.800. The van der Waals surface area contributed by atoms with E-state index in [2.05, 4.69) is 30.3 Å². The van der Waals surface area contributed by atoms with Gasteiger partial charge < -0.3 is 5.32 Å². The first-order valence-corrected chi connectivity index (χ1v) is 7.42. The number of nitrogens with zero attached hydrogens (tertiary/aromatic N) is 2. The highest BCUT2D eigenvalue weighted by atomic mass is 15.3. The number of hydrogen-bond donors (Lipinski definition) is 1. The second-order valence-electron chi connectivity index (χ2n) is 5.79. The lowest BCUT2D eigenvalue weighted by molar-refractivity contribution is 0.277. The third-order valence-electron chi connectivity index (χ3n) is 4.28. The lowest BCUT2D eigenvalue weighted by Crippen LogP contribution is -2.32. The summed E-state index contributed by atoms with van der Waals surface area (Å²) in [5.74, 6) is 0.991. The van der Waals surface area contributed by atoms with Gasteiger partial charge in [-0.2, -0.15) is 5.10 Å². The van der Waals surface area contributed by atoms with Gasteiger partial charge in [-0.3, -0.25) is 4.68 Å². The topological polar surface area (TPSA) is 29.9 Å². The van der Waals surface area contributed by atoms with Crippen molar-refractivity contribution >= 4 is 0 Å². The monoisotopic (exact) mass is 249 g/mol. The molecule has 1 heterocycles. The second-order valence-corrected chi connectivity index (χ2v) is 5.79. The summed E-state index contributed by atoms with van der Waals surface area (Å²) < 4.78 is 1.95. The van der Waals surface area contributed by atoms with E-state index in [4.69, 9.17) is 0 Å². The zero-order valence-electron chi connectivity index (χ0n) is 12.1. The Bertz CT molecular complexity index is 342. The van der Waals surface area contributed by atoms with E-state index in [1.165, 1.54) is 49.9 Å². The molecular formula is C15H27N3. The molecule has 0 unspecified atom stereocenters. The molecule has 1 aromatic rings. The van der Waals surface area contributed by atoms with Crippen LogP contribution >= 0.6 is 0 Å². The van der Waals surface area contributed by atoms with Crippen LogP contribution in [0.1, 0.15) is 56.8 Å². The molecule has 1 aliphatic carbocycles. The molecule has 1 aliphatic rings. The Morgan fingerprint density at radius 3 is 2.61 bits per heavy atom. The van der Waals surface area contributed by atoms with Crippen molar-refractivity contribution < 1.29 is 0 Å². The van der Waals surface area contributed by atoms with Gasteiger partial charge in [-0.1, -0.05) is 19.8 Å². The quantitative estimate of drug-likeness (QED) is 0.868. The van der Waals surface area contributed by atoms with Crippen LogP contribution in [0.5, 0.6) is 0 Å². The van der Waals surface area contributed by atoms with Crippen LogP contribution in [-0.4, -0.2) is 15.8 Å². The van der Waals surface area contributed by atoms with Crippen molar-refractivity contribution in [3.8, 4) is 0 Å². The average Bonchev–Trinajstić information content (AvgIpc) is 2.68. The van der Waals surface area contributed by atoms with Crippen LogP contribution in [0, 0.1) is 12.8 Å². The van der Waals surface area contributed by atoms with Crippen molar-refractivity contribution in [2.24, 2.45) is 13.0 Å². The summed E-state index contributed by atoms with van der Waals surface area (Å²) >= 11 is 0. The molecule has 3 nitrogen and oxygen atoms in total. The molecule has 0 atom stereocenters. The molecule has 0 spiro atoms. The molecule has 0 saturated heterocycles. The Balaban J connectivity index is 1.72. The molecule has 0 radical (unpaired) electrons. The first-order chi connectivity index (χ1) is 8.69. The van der Waals surface area contributed by atoms with Gasteiger partial charge in [0.1, 0.15) is 0 Å². The minimum atomic E-state index is 0.709. The van der Waals surface area contributed by atoms with Crippen LogP contribution in [0.4, 0.5) is 0 Å². The molecule has 0 aliphatic heterocycles. The van der Waals surface area contributed by atoms with Crippen molar-refractivity contribution in [2.75, 3.05) is 0 Å². The molecule has 1 saturated carbocycles. The van der Waals surface area contributed by atoms with Crippen molar-refractivity contribution in [2.45, 2.75) is 65.0 Å². The Hall–Kier alpha value is -0.830. The van der Waals surface area contributed by atoms with Crippen LogP contribution in [-0.2, 0) is 13.6 Å². The fourth-order valence-electron chi connectivity index (χ4n) is 3.03. The summed E-state index contributed by atoms with van der Waals surface area (Å²) in [7, 11) is 2.01. The predicted octanol–water partition coefficient (Wildman–Crippen LogP) is 3.18. The van der Waals surface area contributed by atoms with Crippen LogP contribution in [0.3, 0.4) is 0 Å². The van der Waals surface area contributed by atoms with E-state index in [0.717, 1.165) is 12.5 Å². The van der Waals surface area contributed by atoms with E-state index in [1.54, 1.807) is 0 Å². The van der Waals surface area contributed by atoms with Gasteiger partial charge in [0.25, 0.3) is 0 Å². The average molecular weight is 249 g/mol. The summed E-state index contributed by atoms with van der Waals surface area (Å²) in [4.78, 5) is 0. The van der Waals surface area contributed by atoms with Crippen LogP contribution < -0.4 is 5.32 Å². The largest absolute Gasteiger partial charge is 0.308 e. The first kappa shape index (κ1) is 13.6. The van der Waals surface area contributed by atoms with Crippen molar-refractivity contribution in [3.63, 3.8) is 0 Å². The maximum absolute atomic E-state index is 4.49. The van der Waals surface area contributed by atoms with Gasteiger partial charge in [0.15, 0.2) is 0 Å². The lowest BCUT2D eigenvalue weighted by Gasteiger charge is -2.28. The summed E-state index contributed by atoms with van der Waals surface area (Å²) in [6.45, 7) is 5.32. The van der Waals surface area contributed by atoms with E-state index in [9.17, 15) is 0 Å². The van der Waals surface area contributed by atoms with Crippen molar-refractivity contribution in [1.82, 2.24) is 15.1 Å². The Morgan fingerprint density at radius 2 is 2.06 bits per heavy atom. The summed E-state index contributed by atoms with van der Waals surface area (Å²) in [6.07, 6.45) is 8.27. The van der Waals surface area contributed by atoms with Gasteiger partial charge in [-0.25, -0.2) is 0 Å². The molecule has 1 aromatic heterocycles. The van der Waals surface area contributed by atoms with Crippen LogP contribution in [0.15, 0.2) is 6.07 Å². The first-order valence-electron chi connectivity index (χ1n) is 7.42. The van der Waals surface area contributed by atoms with Gasteiger partial charge >= 0.3 is 0 Å². The SMILES string of the molecule is CCCC1CCC(NCc2cc(C)n(C)n2)CC1. The van der Waals surface area contributed by atoms with E-state index < -0.39 is 0 Å². The molecule has 18 heavy (non-hydrogen) atoms. The van der Waals surface area contributed by atoms with Crippen molar-refractivity contribution in [1.29, 1.82) is 0 Å². The highest BCUT2D eigenvalue weighted by Crippen LogP contribution is 2.27. The molecule has 0 aromatic carbocycles. The highest BCUT2D eigenvalue weighted by molar-refractivity contribution is 5.08. The Morgan fingerprint density at radius 1 is 1.33 bits per heavy atom.